The number of hydrogen-bond acceptors (Lipinski definition) is 3. The highest BCUT2D eigenvalue weighted by atomic mass is 19.1. The Morgan fingerprint density at radius 1 is 1.44 bits per heavy atom. The fourth-order valence-electron chi connectivity index (χ4n) is 1.95. The third-order valence-corrected chi connectivity index (χ3v) is 2.90. The highest BCUT2D eigenvalue weighted by Crippen LogP contribution is 2.25. The first-order valence-electron chi connectivity index (χ1n) is 5.66. The summed E-state index contributed by atoms with van der Waals surface area (Å²) in [5.74, 6) is -2.51. The number of halogens is 2. The van der Waals surface area contributed by atoms with Gasteiger partial charge in [0.1, 0.15) is 0 Å². The van der Waals surface area contributed by atoms with E-state index in [0.717, 1.165) is 25.1 Å². The molecule has 1 aliphatic heterocycles. The van der Waals surface area contributed by atoms with Crippen molar-refractivity contribution in [1.82, 2.24) is 5.32 Å². The molecule has 1 saturated heterocycles. The topological polar surface area (TPSA) is 50.4 Å². The standard InChI is InChI=1S/C12H14F2N2O2/c1-18-11-9(13)4-8(5-10(11)14)16-12(17)7-2-3-15-6-7/h4-5,7,15H,2-3,6H2,1H3,(H,16,17). The molecule has 1 aliphatic rings. The highest BCUT2D eigenvalue weighted by molar-refractivity contribution is 5.93. The Kier molecular flexibility index (Phi) is 3.76. The molecular formula is C12H14F2N2O2. The van der Waals surface area contributed by atoms with Crippen LogP contribution in [0.1, 0.15) is 6.42 Å². The monoisotopic (exact) mass is 256 g/mol. The zero-order chi connectivity index (χ0) is 13.1. The maximum Gasteiger partial charge on any atom is 0.228 e. The van der Waals surface area contributed by atoms with Crippen LogP contribution in [0.5, 0.6) is 5.75 Å². The molecule has 98 valence electrons. The lowest BCUT2D eigenvalue weighted by atomic mass is 10.1. The second kappa shape index (κ2) is 5.30. The summed E-state index contributed by atoms with van der Waals surface area (Å²) in [5, 5.41) is 5.55. The number of amides is 1. The van der Waals surface area contributed by atoms with Gasteiger partial charge in [-0.25, -0.2) is 8.78 Å². The van der Waals surface area contributed by atoms with Gasteiger partial charge >= 0.3 is 0 Å². The normalized spacial score (nSPS) is 18.7. The molecule has 1 heterocycles. The van der Waals surface area contributed by atoms with E-state index in [9.17, 15) is 13.6 Å². The molecule has 1 atom stereocenters. The van der Waals surface area contributed by atoms with Crippen LogP contribution in [0.4, 0.5) is 14.5 Å². The summed E-state index contributed by atoms with van der Waals surface area (Å²) in [6.07, 6.45) is 0.729. The van der Waals surface area contributed by atoms with Gasteiger partial charge < -0.3 is 15.4 Å². The summed E-state index contributed by atoms with van der Waals surface area (Å²) in [6, 6.07) is 2.09. The number of carbonyl (C=O) groups is 1. The highest BCUT2D eigenvalue weighted by Gasteiger charge is 2.23. The quantitative estimate of drug-likeness (QED) is 0.862. The molecular weight excluding hydrogens is 242 g/mol. The van der Waals surface area contributed by atoms with Gasteiger partial charge in [-0.3, -0.25) is 4.79 Å². The second-order valence-electron chi connectivity index (χ2n) is 4.15. The van der Waals surface area contributed by atoms with Crippen LogP contribution in [-0.4, -0.2) is 26.1 Å². The largest absolute Gasteiger partial charge is 0.491 e. The Balaban J connectivity index is 2.12. The average molecular weight is 256 g/mol. The summed E-state index contributed by atoms with van der Waals surface area (Å²) in [4.78, 5) is 11.8. The zero-order valence-electron chi connectivity index (χ0n) is 9.93. The maximum atomic E-state index is 13.4. The Morgan fingerprint density at radius 3 is 2.61 bits per heavy atom. The fraction of sp³-hybridized carbons (Fsp3) is 0.417. The van der Waals surface area contributed by atoms with Crippen LogP contribution in [0, 0.1) is 17.6 Å². The summed E-state index contributed by atoms with van der Waals surface area (Å²) >= 11 is 0. The van der Waals surface area contributed by atoms with Gasteiger partial charge in [-0.2, -0.15) is 0 Å². The Morgan fingerprint density at radius 2 is 2.11 bits per heavy atom. The molecule has 0 spiro atoms. The number of benzene rings is 1. The molecule has 0 aromatic heterocycles. The van der Waals surface area contributed by atoms with Gasteiger partial charge in [0, 0.05) is 24.4 Å². The predicted octanol–water partition coefficient (Wildman–Crippen LogP) is 1.52. The van der Waals surface area contributed by atoms with Gasteiger partial charge in [0.05, 0.1) is 13.0 Å². The van der Waals surface area contributed by atoms with E-state index in [-0.39, 0.29) is 17.5 Å². The molecule has 1 aromatic rings. The SMILES string of the molecule is COc1c(F)cc(NC(=O)C2CCNC2)cc1F. The molecule has 1 fully saturated rings. The van der Waals surface area contributed by atoms with E-state index < -0.39 is 17.4 Å². The minimum atomic E-state index is -0.836. The van der Waals surface area contributed by atoms with E-state index in [1.54, 1.807) is 0 Å². The average Bonchev–Trinajstić information content (AvgIpc) is 2.81. The van der Waals surface area contributed by atoms with Crippen LogP contribution < -0.4 is 15.4 Å². The number of ether oxygens (including phenoxy) is 1. The van der Waals surface area contributed by atoms with Crippen LogP contribution in [0.15, 0.2) is 12.1 Å². The molecule has 2 rings (SSSR count). The number of anilines is 1. The minimum Gasteiger partial charge on any atom is -0.491 e. The van der Waals surface area contributed by atoms with Gasteiger partial charge in [0.15, 0.2) is 17.4 Å². The molecule has 18 heavy (non-hydrogen) atoms. The van der Waals surface area contributed by atoms with Gasteiger partial charge in [-0.15, -0.1) is 0 Å². The van der Waals surface area contributed by atoms with Gasteiger partial charge in [0.2, 0.25) is 5.91 Å². The number of carbonyl (C=O) groups excluding carboxylic acids is 1. The Labute approximate surface area is 103 Å². The third kappa shape index (κ3) is 2.59. The van der Waals surface area contributed by atoms with Crippen molar-refractivity contribution in [1.29, 1.82) is 0 Å². The van der Waals surface area contributed by atoms with Crippen LogP contribution in [0.25, 0.3) is 0 Å². The van der Waals surface area contributed by atoms with Crippen molar-refractivity contribution in [2.24, 2.45) is 5.92 Å². The molecule has 4 nitrogen and oxygen atoms in total. The molecule has 6 heteroatoms. The van der Waals surface area contributed by atoms with Crippen molar-refractivity contribution in [2.45, 2.75) is 6.42 Å². The molecule has 1 aromatic carbocycles. The summed E-state index contributed by atoms with van der Waals surface area (Å²) in [6.45, 7) is 1.37. The van der Waals surface area contributed by atoms with Crippen LogP contribution >= 0.6 is 0 Å². The maximum absolute atomic E-state index is 13.4. The van der Waals surface area contributed by atoms with Crippen molar-refractivity contribution < 1.29 is 18.3 Å². The summed E-state index contributed by atoms with van der Waals surface area (Å²) in [7, 11) is 1.18. The van der Waals surface area contributed by atoms with Gasteiger partial charge in [0.25, 0.3) is 0 Å². The second-order valence-corrected chi connectivity index (χ2v) is 4.15. The molecule has 2 N–H and O–H groups in total. The van der Waals surface area contributed by atoms with Gasteiger partial charge in [-0.05, 0) is 13.0 Å². The fourth-order valence-corrected chi connectivity index (χ4v) is 1.95. The van der Waals surface area contributed by atoms with E-state index in [4.69, 9.17) is 0 Å². The zero-order valence-corrected chi connectivity index (χ0v) is 9.93. The first-order chi connectivity index (χ1) is 8.61. The smallest absolute Gasteiger partial charge is 0.228 e. The Bertz CT molecular complexity index is 436. The van der Waals surface area contributed by atoms with Crippen molar-refractivity contribution in [3.8, 4) is 5.75 Å². The molecule has 1 amide bonds. The predicted molar refractivity (Wildman–Crippen MR) is 62.5 cm³/mol. The van der Waals surface area contributed by atoms with Crippen LogP contribution in [-0.2, 0) is 4.79 Å². The van der Waals surface area contributed by atoms with E-state index in [1.807, 2.05) is 0 Å². The van der Waals surface area contributed by atoms with E-state index in [1.165, 1.54) is 7.11 Å². The van der Waals surface area contributed by atoms with Crippen molar-refractivity contribution in [2.75, 3.05) is 25.5 Å². The lowest BCUT2D eigenvalue weighted by Gasteiger charge is -2.11. The lowest BCUT2D eigenvalue weighted by Crippen LogP contribution is -2.24. The number of rotatable bonds is 3. The van der Waals surface area contributed by atoms with Crippen molar-refractivity contribution in [3.63, 3.8) is 0 Å². The molecule has 0 bridgehead atoms. The van der Waals surface area contributed by atoms with E-state index in [2.05, 4.69) is 15.4 Å². The third-order valence-electron chi connectivity index (χ3n) is 2.90. The first-order valence-corrected chi connectivity index (χ1v) is 5.66. The summed E-state index contributed by atoms with van der Waals surface area (Å²) in [5.41, 5.74) is 0.0997. The van der Waals surface area contributed by atoms with Gasteiger partial charge in [-0.1, -0.05) is 0 Å². The molecule has 0 radical (unpaired) electrons. The van der Waals surface area contributed by atoms with Crippen LogP contribution in [0.2, 0.25) is 0 Å². The van der Waals surface area contributed by atoms with Crippen molar-refractivity contribution in [3.05, 3.63) is 23.8 Å². The molecule has 1 unspecified atom stereocenters. The van der Waals surface area contributed by atoms with Crippen LogP contribution in [0.3, 0.4) is 0 Å². The van der Waals surface area contributed by atoms with E-state index >= 15 is 0 Å². The summed E-state index contributed by atoms with van der Waals surface area (Å²) < 4.78 is 31.4. The van der Waals surface area contributed by atoms with Crippen molar-refractivity contribution >= 4 is 11.6 Å². The number of hydrogen-bond donors (Lipinski definition) is 2. The van der Waals surface area contributed by atoms with E-state index in [0.29, 0.717) is 6.54 Å². The number of methoxy groups -OCH3 is 1. The molecule has 0 saturated carbocycles. The molecule has 0 aliphatic carbocycles. The number of nitrogens with one attached hydrogen (secondary N) is 2. The Hall–Kier alpha value is -1.69. The minimum absolute atomic E-state index is 0.0997. The first kappa shape index (κ1) is 12.8. The lowest BCUT2D eigenvalue weighted by molar-refractivity contribution is -0.119.